The number of nitrogens with zero attached hydrogens (tertiary/aromatic N) is 1. The summed E-state index contributed by atoms with van der Waals surface area (Å²) >= 11 is 1.79. The summed E-state index contributed by atoms with van der Waals surface area (Å²) in [5, 5.41) is 2.14. The van der Waals surface area contributed by atoms with Crippen LogP contribution in [-0.2, 0) is 0 Å². The van der Waals surface area contributed by atoms with Crippen LogP contribution in [0.1, 0.15) is 41.2 Å². The number of hydrogen-bond donors (Lipinski definition) is 0. The molecule has 0 saturated carbocycles. The molecule has 0 N–H and O–H groups in total. The van der Waals surface area contributed by atoms with Crippen LogP contribution in [0.3, 0.4) is 0 Å². The van der Waals surface area contributed by atoms with E-state index in [2.05, 4.69) is 64.9 Å². The Bertz CT molecular complexity index is 870. The van der Waals surface area contributed by atoms with Crippen molar-refractivity contribution in [3.05, 3.63) is 82.0 Å². The van der Waals surface area contributed by atoms with Crippen molar-refractivity contribution < 1.29 is 9.47 Å². The molecule has 1 saturated heterocycles. The standard InChI is InChI=1S/C25H29NO2S/c1-27-23-8-5-7-21(19-23)25(24-9-6-18-29-24)20-10-12-22(13-11-20)28-17-16-26-14-3-2-4-15-26/h5-13,18-19,25H,2-4,14-17H2,1H3. The lowest BCUT2D eigenvalue weighted by molar-refractivity contribution is 0.183. The molecule has 1 aliphatic heterocycles. The molecule has 0 spiro atoms. The van der Waals surface area contributed by atoms with Gasteiger partial charge in [0.25, 0.3) is 0 Å². The van der Waals surface area contributed by atoms with Gasteiger partial charge in [0.15, 0.2) is 0 Å². The van der Waals surface area contributed by atoms with Crippen LogP contribution in [0.4, 0.5) is 0 Å². The second kappa shape index (κ2) is 9.95. The van der Waals surface area contributed by atoms with Crippen LogP contribution in [0.15, 0.2) is 66.0 Å². The first kappa shape index (κ1) is 20.0. The van der Waals surface area contributed by atoms with E-state index in [1.54, 1.807) is 18.4 Å². The van der Waals surface area contributed by atoms with Gasteiger partial charge < -0.3 is 9.47 Å². The first-order chi connectivity index (χ1) is 14.3. The van der Waals surface area contributed by atoms with Gasteiger partial charge in [0, 0.05) is 17.3 Å². The van der Waals surface area contributed by atoms with Gasteiger partial charge >= 0.3 is 0 Å². The normalized spacial score (nSPS) is 15.8. The monoisotopic (exact) mass is 407 g/mol. The Morgan fingerprint density at radius 1 is 0.897 bits per heavy atom. The van der Waals surface area contributed by atoms with Gasteiger partial charge in [0.1, 0.15) is 18.1 Å². The number of rotatable bonds is 8. The number of ether oxygens (including phenoxy) is 2. The van der Waals surface area contributed by atoms with Crippen molar-refractivity contribution in [3.63, 3.8) is 0 Å². The molecular formula is C25H29NO2S. The van der Waals surface area contributed by atoms with Gasteiger partial charge in [0.2, 0.25) is 0 Å². The molecule has 1 aromatic heterocycles. The molecule has 152 valence electrons. The van der Waals surface area contributed by atoms with Crippen molar-refractivity contribution in [2.45, 2.75) is 25.2 Å². The molecule has 0 amide bonds. The summed E-state index contributed by atoms with van der Waals surface area (Å²) in [7, 11) is 1.72. The van der Waals surface area contributed by atoms with Gasteiger partial charge in [0.05, 0.1) is 7.11 Å². The summed E-state index contributed by atoms with van der Waals surface area (Å²) < 4.78 is 11.5. The van der Waals surface area contributed by atoms with Crippen LogP contribution >= 0.6 is 11.3 Å². The fraction of sp³-hybridized carbons (Fsp3) is 0.360. The molecule has 0 aliphatic carbocycles. The third-order valence-corrected chi connectivity index (χ3v) is 6.53. The van der Waals surface area contributed by atoms with Gasteiger partial charge in [-0.2, -0.15) is 0 Å². The fourth-order valence-electron chi connectivity index (χ4n) is 4.03. The molecule has 1 atom stereocenters. The number of hydrogen-bond acceptors (Lipinski definition) is 4. The molecule has 1 fully saturated rings. The van der Waals surface area contributed by atoms with Crippen LogP contribution in [-0.4, -0.2) is 38.3 Å². The molecule has 1 unspecified atom stereocenters. The third-order valence-electron chi connectivity index (χ3n) is 5.59. The summed E-state index contributed by atoms with van der Waals surface area (Å²) in [4.78, 5) is 3.84. The predicted octanol–water partition coefficient (Wildman–Crippen LogP) is 5.80. The van der Waals surface area contributed by atoms with E-state index in [4.69, 9.17) is 9.47 Å². The summed E-state index contributed by atoms with van der Waals surface area (Å²) in [6.07, 6.45) is 4.02. The molecule has 4 heteroatoms. The van der Waals surface area contributed by atoms with Crippen molar-refractivity contribution in [1.82, 2.24) is 4.90 Å². The zero-order valence-electron chi connectivity index (χ0n) is 17.0. The zero-order valence-corrected chi connectivity index (χ0v) is 17.9. The summed E-state index contributed by atoms with van der Waals surface area (Å²) in [6, 6.07) is 21.3. The van der Waals surface area contributed by atoms with E-state index < -0.39 is 0 Å². The number of thiophene rings is 1. The second-order valence-corrected chi connectivity index (χ2v) is 8.52. The second-order valence-electron chi connectivity index (χ2n) is 7.54. The smallest absolute Gasteiger partial charge is 0.119 e. The minimum Gasteiger partial charge on any atom is -0.497 e. The molecule has 3 nitrogen and oxygen atoms in total. The average Bonchev–Trinajstić information content (AvgIpc) is 3.30. The Morgan fingerprint density at radius 3 is 2.45 bits per heavy atom. The lowest BCUT2D eigenvalue weighted by Gasteiger charge is -2.26. The molecule has 29 heavy (non-hydrogen) atoms. The molecule has 3 aromatic rings. The number of benzene rings is 2. The molecule has 2 heterocycles. The largest absolute Gasteiger partial charge is 0.497 e. The maximum absolute atomic E-state index is 6.02. The first-order valence-electron chi connectivity index (χ1n) is 10.5. The Balaban J connectivity index is 1.47. The van der Waals surface area contributed by atoms with Crippen molar-refractivity contribution in [2.24, 2.45) is 0 Å². The van der Waals surface area contributed by atoms with Crippen LogP contribution < -0.4 is 9.47 Å². The molecule has 4 rings (SSSR count). The van der Waals surface area contributed by atoms with E-state index in [1.165, 1.54) is 48.4 Å². The Hall–Kier alpha value is -2.30. The van der Waals surface area contributed by atoms with Gasteiger partial charge in [-0.1, -0.05) is 36.8 Å². The van der Waals surface area contributed by atoms with Crippen molar-refractivity contribution in [1.29, 1.82) is 0 Å². The molecular weight excluding hydrogens is 378 g/mol. The van der Waals surface area contributed by atoms with Crippen molar-refractivity contribution >= 4 is 11.3 Å². The van der Waals surface area contributed by atoms with Gasteiger partial charge in [-0.3, -0.25) is 4.90 Å². The van der Waals surface area contributed by atoms with E-state index in [-0.39, 0.29) is 5.92 Å². The zero-order chi connectivity index (χ0) is 19.9. The number of piperidine rings is 1. The quantitative estimate of drug-likeness (QED) is 0.471. The van der Waals surface area contributed by atoms with Gasteiger partial charge in [-0.15, -0.1) is 11.3 Å². The van der Waals surface area contributed by atoms with E-state index in [0.29, 0.717) is 0 Å². The Labute approximate surface area is 177 Å². The number of methoxy groups -OCH3 is 1. The SMILES string of the molecule is COc1cccc(C(c2ccc(OCCN3CCCCC3)cc2)c2cccs2)c1. The highest BCUT2D eigenvalue weighted by Gasteiger charge is 2.18. The Morgan fingerprint density at radius 2 is 1.72 bits per heavy atom. The van der Waals surface area contributed by atoms with E-state index in [0.717, 1.165) is 24.7 Å². The predicted molar refractivity (Wildman–Crippen MR) is 120 cm³/mol. The summed E-state index contributed by atoms with van der Waals surface area (Å²) in [6.45, 7) is 4.20. The summed E-state index contributed by atoms with van der Waals surface area (Å²) in [5.74, 6) is 2.04. The van der Waals surface area contributed by atoms with Crippen molar-refractivity contribution in [2.75, 3.05) is 33.4 Å². The topological polar surface area (TPSA) is 21.7 Å². The van der Waals surface area contributed by atoms with Crippen LogP contribution in [0.25, 0.3) is 0 Å². The van der Waals surface area contributed by atoms with Gasteiger partial charge in [-0.05, 0) is 72.8 Å². The van der Waals surface area contributed by atoms with Crippen LogP contribution in [0, 0.1) is 0 Å². The maximum atomic E-state index is 6.02. The third kappa shape index (κ3) is 5.20. The van der Waals surface area contributed by atoms with E-state index in [9.17, 15) is 0 Å². The molecule has 2 aromatic carbocycles. The first-order valence-corrected chi connectivity index (χ1v) is 11.3. The highest BCUT2D eigenvalue weighted by atomic mass is 32.1. The van der Waals surface area contributed by atoms with E-state index >= 15 is 0 Å². The summed E-state index contributed by atoms with van der Waals surface area (Å²) in [5.41, 5.74) is 2.51. The molecule has 0 radical (unpaired) electrons. The average molecular weight is 408 g/mol. The lowest BCUT2D eigenvalue weighted by atomic mass is 9.90. The molecule has 0 bridgehead atoms. The van der Waals surface area contributed by atoms with Crippen molar-refractivity contribution in [3.8, 4) is 11.5 Å². The van der Waals surface area contributed by atoms with Crippen LogP contribution in [0.5, 0.6) is 11.5 Å². The fourth-order valence-corrected chi connectivity index (χ4v) is 4.91. The highest BCUT2D eigenvalue weighted by molar-refractivity contribution is 7.10. The lowest BCUT2D eigenvalue weighted by Crippen LogP contribution is -2.33. The van der Waals surface area contributed by atoms with E-state index in [1.807, 2.05) is 6.07 Å². The highest BCUT2D eigenvalue weighted by Crippen LogP contribution is 2.36. The molecule has 1 aliphatic rings. The minimum atomic E-state index is 0.201. The van der Waals surface area contributed by atoms with Gasteiger partial charge in [-0.25, -0.2) is 0 Å². The van der Waals surface area contributed by atoms with Crippen LogP contribution in [0.2, 0.25) is 0 Å². The maximum Gasteiger partial charge on any atom is 0.119 e. The number of likely N-dealkylation sites (tertiary alicyclic amines) is 1. The minimum absolute atomic E-state index is 0.201. The Kier molecular flexibility index (Phi) is 6.86.